The Bertz CT molecular complexity index is 688. The van der Waals surface area contributed by atoms with Gasteiger partial charge in [0.2, 0.25) is 0 Å². The molecule has 1 heteroatoms. The van der Waals surface area contributed by atoms with Gasteiger partial charge in [0.25, 0.3) is 0 Å². The molecule has 0 saturated heterocycles. The summed E-state index contributed by atoms with van der Waals surface area (Å²) in [7, 11) is 0. The lowest BCUT2D eigenvalue weighted by Crippen LogP contribution is -2.22. The molecule has 0 aromatic heterocycles. The van der Waals surface area contributed by atoms with Crippen molar-refractivity contribution < 1.29 is 4.79 Å². The molecule has 1 unspecified atom stereocenters. The van der Waals surface area contributed by atoms with E-state index in [4.69, 9.17) is 0 Å². The van der Waals surface area contributed by atoms with Crippen LogP contribution >= 0.6 is 0 Å². The molecule has 1 aromatic carbocycles. The van der Waals surface area contributed by atoms with Crippen molar-refractivity contribution in [3.8, 4) is 0 Å². The van der Waals surface area contributed by atoms with Crippen LogP contribution in [0.1, 0.15) is 54.1 Å². The number of fused-ring (bicyclic) bond motifs is 1. The Kier molecular flexibility index (Phi) is 3.44. The third kappa shape index (κ3) is 2.31. The SMILES string of the molecule is C=C(C)CC1CCC2=C(C1)C(=O)c1cccc(C)c1C2=C. The Morgan fingerprint density at radius 3 is 2.81 bits per heavy atom. The van der Waals surface area contributed by atoms with Crippen molar-refractivity contribution in [2.45, 2.75) is 39.5 Å². The topological polar surface area (TPSA) is 17.1 Å². The van der Waals surface area contributed by atoms with Crippen LogP contribution in [0.4, 0.5) is 0 Å². The number of hydrogen-bond acceptors (Lipinski definition) is 1. The standard InChI is InChI=1S/C20H22O/c1-12(2)10-15-8-9-16-14(4)19-13(3)6-5-7-17(19)20(21)18(16)11-15/h5-7,15H,1,4,8-11H2,2-3H3. The van der Waals surface area contributed by atoms with Crippen molar-refractivity contribution in [3.63, 3.8) is 0 Å². The molecule has 0 radical (unpaired) electrons. The van der Waals surface area contributed by atoms with Crippen LogP contribution in [0.5, 0.6) is 0 Å². The molecular weight excluding hydrogens is 256 g/mol. The van der Waals surface area contributed by atoms with E-state index in [9.17, 15) is 4.79 Å². The van der Waals surface area contributed by atoms with Crippen LogP contribution in [0.3, 0.4) is 0 Å². The van der Waals surface area contributed by atoms with E-state index in [1.165, 1.54) is 11.1 Å². The van der Waals surface area contributed by atoms with Gasteiger partial charge in [-0.15, -0.1) is 6.58 Å². The van der Waals surface area contributed by atoms with Crippen molar-refractivity contribution in [1.82, 2.24) is 0 Å². The smallest absolute Gasteiger partial charge is 0.189 e. The minimum atomic E-state index is 0.225. The van der Waals surface area contributed by atoms with Crippen LogP contribution < -0.4 is 0 Å². The average Bonchev–Trinajstić information content (AvgIpc) is 2.44. The first-order valence-corrected chi connectivity index (χ1v) is 7.69. The molecular formula is C20H22O. The van der Waals surface area contributed by atoms with Gasteiger partial charge in [0.1, 0.15) is 0 Å². The predicted molar refractivity (Wildman–Crippen MR) is 88.3 cm³/mol. The highest BCUT2D eigenvalue weighted by atomic mass is 16.1. The van der Waals surface area contributed by atoms with Gasteiger partial charge in [0.05, 0.1) is 0 Å². The number of rotatable bonds is 2. The molecule has 0 amide bonds. The van der Waals surface area contributed by atoms with E-state index in [1.54, 1.807) is 0 Å². The molecule has 1 nitrogen and oxygen atoms in total. The Hall–Kier alpha value is -1.89. The molecule has 1 atom stereocenters. The van der Waals surface area contributed by atoms with E-state index in [0.717, 1.165) is 53.5 Å². The van der Waals surface area contributed by atoms with Crippen LogP contribution in [-0.2, 0) is 0 Å². The summed E-state index contributed by atoms with van der Waals surface area (Å²) in [6.07, 6.45) is 4.02. The quantitative estimate of drug-likeness (QED) is 0.674. The van der Waals surface area contributed by atoms with Gasteiger partial charge >= 0.3 is 0 Å². The third-order valence-corrected chi connectivity index (χ3v) is 4.75. The van der Waals surface area contributed by atoms with Crippen molar-refractivity contribution in [2.75, 3.05) is 0 Å². The lowest BCUT2D eigenvalue weighted by atomic mass is 9.71. The van der Waals surface area contributed by atoms with Crippen LogP contribution in [0.15, 0.2) is 48.1 Å². The van der Waals surface area contributed by atoms with Gasteiger partial charge in [-0.2, -0.15) is 0 Å². The maximum absolute atomic E-state index is 12.9. The molecule has 21 heavy (non-hydrogen) atoms. The first kappa shape index (κ1) is 14.1. The highest BCUT2D eigenvalue weighted by Gasteiger charge is 2.33. The second-order valence-electron chi connectivity index (χ2n) is 6.53. The highest BCUT2D eigenvalue weighted by molar-refractivity contribution is 6.17. The van der Waals surface area contributed by atoms with E-state index in [0.29, 0.717) is 5.92 Å². The lowest BCUT2D eigenvalue weighted by Gasteiger charge is -2.32. The number of carbonyl (C=O) groups is 1. The summed E-state index contributed by atoms with van der Waals surface area (Å²) in [6.45, 7) is 12.4. The third-order valence-electron chi connectivity index (χ3n) is 4.75. The Morgan fingerprint density at radius 2 is 2.10 bits per heavy atom. The second kappa shape index (κ2) is 5.14. The molecule has 2 aliphatic carbocycles. The Labute approximate surface area is 127 Å². The summed E-state index contributed by atoms with van der Waals surface area (Å²) >= 11 is 0. The molecule has 108 valence electrons. The minimum absolute atomic E-state index is 0.225. The fourth-order valence-electron chi connectivity index (χ4n) is 3.81. The number of allylic oxidation sites excluding steroid dienone is 4. The molecule has 0 bridgehead atoms. The van der Waals surface area contributed by atoms with E-state index < -0.39 is 0 Å². The van der Waals surface area contributed by atoms with Gasteiger partial charge in [-0.25, -0.2) is 0 Å². The van der Waals surface area contributed by atoms with Crippen LogP contribution in [0.25, 0.3) is 5.57 Å². The van der Waals surface area contributed by atoms with Crippen molar-refractivity contribution in [1.29, 1.82) is 0 Å². The molecule has 0 aliphatic heterocycles. The lowest BCUT2D eigenvalue weighted by molar-refractivity contribution is 0.102. The van der Waals surface area contributed by atoms with Gasteiger partial charge in [0, 0.05) is 11.1 Å². The van der Waals surface area contributed by atoms with Crippen molar-refractivity contribution in [2.24, 2.45) is 5.92 Å². The largest absolute Gasteiger partial charge is 0.289 e. The average molecular weight is 278 g/mol. The number of ketones is 1. The summed E-state index contributed by atoms with van der Waals surface area (Å²) < 4.78 is 0. The molecule has 0 heterocycles. The number of Topliss-reactive ketones (excluding diaryl/α,β-unsaturated/α-hetero) is 1. The zero-order valence-electron chi connectivity index (χ0n) is 13.0. The maximum atomic E-state index is 12.9. The van der Waals surface area contributed by atoms with E-state index in [2.05, 4.69) is 33.1 Å². The molecule has 3 rings (SSSR count). The molecule has 0 N–H and O–H groups in total. The van der Waals surface area contributed by atoms with Crippen LogP contribution in [0, 0.1) is 12.8 Å². The molecule has 0 fully saturated rings. The first-order chi connectivity index (χ1) is 9.99. The second-order valence-corrected chi connectivity index (χ2v) is 6.53. The van der Waals surface area contributed by atoms with E-state index in [-0.39, 0.29) is 5.78 Å². The zero-order chi connectivity index (χ0) is 15.1. The summed E-state index contributed by atoms with van der Waals surface area (Å²) in [5.41, 5.74) is 7.57. The summed E-state index contributed by atoms with van der Waals surface area (Å²) in [4.78, 5) is 12.9. The fourth-order valence-corrected chi connectivity index (χ4v) is 3.81. The summed E-state index contributed by atoms with van der Waals surface area (Å²) in [5, 5.41) is 0. The van der Waals surface area contributed by atoms with Crippen LogP contribution in [0.2, 0.25) is 0 Å². The van der Waals surface area contributed by atoms with E-state index >= 15 is 0 Å². The highest BCUT2D eigenvalue weighted by Crippen LogP contribution is 2.44. The number of aryl methyl sites for hydroxylation is 1. The summed E-state index contributed by atoms with van der Waals surface area (Å²) in [5.74, 6) is 0.784. The maximum Gasteiger partial charge on any atom is 0.189 e. The molecule has 1 aromatic rings. The van der Waals surface area contributed by atoms with Crippen molar-refractivity contribution in [3.05, 3.63) is 64.8 Å². The van der Waals surface area contributed by atoms with Gasteiger partial charge in [-0.3, -0.25) is 4.79 Å². The normalized spacial score (nSPS) is 21.1. The monoisotopic (exact) mass is 278 g/mol. The van der Waals surface area contributed by atoms with Gasteiger partial charge in [0.15, 0.2) is 5.78 Å². The van der Waals surface area contributed by atoms with Crippen molar-refractivity contribution >= 4 is 11.4 Å². The van der Waals surface area contributed by atoms with Gasteiger partial charge in [-0.1, -0.05) is 30.4 Å². The van der Waals surface area contributed by atoms with E-state index in [1.807, 2.05) is 12.1 Å². The molecule has 2 aliphatic rings. The van der Waals surface area contributed by atoms with Crippen LogP contribution in [-0.4, -0.2) is 5.78 Å². The first-order valence-electron chi connectivity index (χ1n) is 7.69. The number of benzene rings is 1. The minimum Gasteiger partial charge on any atom is -0.289 e. The molecule has 0 saturated carbocycles. The van der Waals surface area contributed by atoms with Gasteiger partial charge < -0.3 is 0 Å². The predicted octanol–water partition coefficient (Wildman–Crippen LogP) is 5.27. The fraction of sp³-hybridized carbons (Fsp3) is 0.350. The van der Waals surface area contributed by atoms with Gasteiger partial charge in [-0.05, 0) is 67.7 Å². The Morgan fingerprint density at radius 1 is 1.33 bits per heavy atom. The summed E-state index contributed by atoms with van der Waals surface area (Å²) in [6, 6.07) is 5.98. The zero-order valence-corrected chi connectivity index (χ0v) is 13.0. The molecule has 0 spiro atoms. The Balaban J connectivity index is 2.02. The number of carbonyl (C=O) groups excluding carboxylic acids is 1. The number of hydrogen-bond donors (Lipinski definition) is 0.